The van der Waals surface area contributed by atoms with Crippen molar-refractivity contribution in [3.8, 4) is 6.07 Å². The van der Waals surface area contributed by atoms with E-state index in [9.17, 15) is 4.79 Å². The zero-order valence-corrected chi connectivity index (χ0v) is 10.8. The molecule has 5 nitrogen and oxygen atoms in total. The molecule has 0 spiro atoms. The van der Waals surface area contributed by atoms with E-state index in [1.165, 1.54) is 0 Å². The maximum Gasteiger partial charge on any atom is 0.243 e. The van der Waals surface area contributed by atoms with Crippen LogP contribution in [-0.4, -0.2) is 36.2 Å². The number of hydrogen-bond acceptors (Lipinski definition) is 4. The molecule has 0 saturated carbocycles. The average Bonchev–Trinajstić information content (AvgIpc) is 2.41. The number of carbonyl (C=O) groups is 1. The minimum absolute atomic E-state index is 0.0408. The SMILES string of the molecule is CC1CN(c2cccc(C#N)c2)C(CCO)C(=O)N1. The number of nitrogens with one attached hydrogen (secondary N) is 1. The molecule has 2 unspecified atom stereocenters. The van der Waals surface area contributed by atoms with Gasteiger partial charge in [0.15, 0.2) is 0 Å². The summed E-state index contributed by atoms with van der Waals surface area (Å²) in [6.07, 6.45) is 0.384. The van der Waals surface area contributed by atoms with Crippen molar-refractivity contribution < 1.29 is 9.90 Å². The van der Waals surface area contributed by atoms with Crippen molar-refractivity contribution in [3.05, 3.63) is 29.8 Å². The summed E-state index contributed by atoms with van der Waals surface area (Å²) in [5.74, 6) is -0.0739. The molecule has 19 heavy (non-hydrogen) atoms. The van der Waals surface area contributed by atoms with Gasteiger partial charge in [0.1, 0.15) is 6.04 Å². The highest BCUT2D eigenvalue weighted by Crippen LogP contribution is 2.23. The van der Waals surface area contributed by atoms with Gasteiger partial charge < -0.3 is 15.3 Å². The van der Waals surface area contributed by atoms with Crippen molar-refractivity contribution in [2.45, 2.75) is 25.4 Å². The van der Waals surface area contributed by atoms with Crippen LogP contribution < -0.4 is 10.2 Å². The van der Waals surface area contributed by atoms with Gasteiger partial charge in [0.25, 0.3) is 0 Å². The van der Waals surface area contributed by atoms with Crippen molar-refractivity contribution in [1.82, 2.24) is 5.32 Å². The van der Waals surface area contributed by atoms with Crippen molar-refractivity contribution in [2.75, 3.05) is 18.1 Å². The number of rotatable bonds is 3. The molecule has 100 valence electrons. The smallest absolute Gasteiger partial charge is 0.243 e. The Kier molecular flexibility index (Phi) is 4.03. The fraction of sp³-hybridized carbons (Fsp3) is 0.429. The maximum absolute atomic E-state index is 12.0. The van der Waals surface area contributed by atoms with Crippen LogP contribution in [0.15, 0.2) is 24.3 Å². The van der Waals surface area contributed by atoms with Crippen LogP contribution in [0.4, 0.5) is 5.69 Å². The molecule has 0 aromatic heterocycles. The number of nitriles is 1. The minimum Gasteiger partial charge on any atom is -0.396 e. The van der Waals surface area contributed by atoms with E-state index in [4.69, 9.17) is 10.4 Å². The van der Waals surface area contributed by atoms with Crippen LogP contribution in [0.2, 0.25) is 0 Å². The Morgan fingerprint density at radius 1 is 1.58 bits per heavy atom. The van der Waals surface area contributed by atoms with E-state index >= 15 is 0 Å². The minimum atomic E-state index is -0.379. The largest absolute Gasteiger partial charge is 0.396 e. The van der Waals surface area contributed by atoms with Crippen molar-refractivity contribution >= 4 is 11.6 Å². The van der Waals surface area contributed by atoms with E-state index in [0.717, 1.165) is 5.69 Å². The lowest BCUT2D eigenvalue weighted by Gasteiger charge is -2.39. The fourth-order valence-electron chi connectivity index (χ4n) is 2.40. The summed E-state index contributed by atoms with van der Waals surface area (Å²) in [4.78, 5) is 14.0. The van der Waals surface area contributed by atoms with Gasteiger partial charge in [-0.2, -0.15) is 5.26 Å². The number of carbonyl (C=O) groups excluding carboxylic acids is 1. The zero-order valence-electron chi connectivity index (χ0n) is 10.8. The second-order valence-corrected chi connectivity index (χ2v) is 4.75. The van der Waals surface area contributed by atoms with E-state index in [2.05, 4.69) is 11.4 Å². The molecule has 1 aliphatic heterocycles. The summed E-state index contributed by atoms with van der Waals surface area (Å²) >= 11 is 0. The van der Waals surface area contributed by atoms with Crippen LogP contribution in [0.5, 0.6) is 0 Å². The molecule has 1 amide bonds. The molecular weight excluding hydrogens is 242 g/mol. The Labute approximate surface area is 112 Å². The predicted molar refractivity (Wildman–Crippen MR) is 71.6 cm³/mol. The Morgan fingerprint density at radius 3 is 3.05 bits per heavy atom. The highest BCUT2D eigenvalue weighted by atomic mass is 16.3. The quantitative estimate of drug-likeness (QED) is 0.835. The number of piperazine rings is 1. The summed E-state index contributed by atoms with van der Waals surface area (Å²) in [6.45, 7) is 2.57. The molecular formula is C14H17N3O2. The number of benzene rings is 1. The first-order chi connectivity index (χ1) is 9.15. The Balaban J connectivity index is 2.32. The Bertz CT molecular complexity index is 510. The highest BCUT2D eigenvalue weighted by molar-refractivity contribution is 5.87. The van der Waals surface area contributed by atoms with E-state index in [1.54, 1.807) is 18.2 Å². The van der Waals surface area contributed by atoms with Gasteiger partial charge in [-0.15, -0.1) is 0 Å². The predicted octanol–water partition coefficient (Wildman–Crippen LogP) is 0.634. The molecule has 0 radical (unpaired) electrons. The van der Waals surface area contributed by atoms with Crippen LogP contribution in [0.1, 0.15) is 18.9 Å². The summed E-state index contributed by atoms with van der Waals surface area (Å²) in [7, 11) is 0. The van der Waals surface area contributed by atoms with Gasteiger partial charge in [0, 0.05) is 24.9 Å². The van der Waals surface area contributed by atoms with E-state index in [1.807, 2.05) is 17.9 Å². The molecule has 2 rings (SSSR count). The molecule has 1 aromatic rings. The third-order valence-electron chi connectivity index (χ3n) is 3.25. The molecule has 5 heteroatoms. The number of aliphatic hydroxyl groups is 1. The summed E-state index contributed by atoms with van der Waals surface area (Å²) in [6, 6.07) is 8.97. The molecule has 2 atom stereocenters. The van der Waals surface area contributed by atoms with Crippen LogP contribution in [0.3, 0.4) is 0 Å². The second kappa shape index (κ2) is 5.72. The molecule has 1 fully saturated rings. The Hall–Kier alpha value is -2.06. The van der Waals surface area contributed by atoms with Crippen LogP contribution >= 0.6 is 0 Å². The Morgan fingerprint density at radius 2 is 2.37 bits per heavy atom. The summed E-state index contributed by atoms with van der Waals surface area (Å²) in [5.41, 5.74) is 1.41. The summed E-state index contributed by atoms with van der Waals surface area (Å²) in [5, 5.41) is 20.9. The van der Waals surface area contributed by atoms with Gasteiger partial charge in [0.05, 0.1) is 11.6 Å². The number of anilines is 1. The number of aliphatic hydroxyl groups excluding tert-OH is 1. The van der Waals surface area contributed by atoms with E-state index < -0.39 is 0 Å². The molecule has 0 aliphatic carbocycles. The van der Waals surface area contributed by atoms with Gasteiger partial charge in [0.2, 0.25) is 5.91 Å². The van der Waals surface area contributed by atoms with Gasteiger partial charge in [-0.3, -0.25) is 4.79 Å². The van der Waals surface area contributed by atoms with Crippen molar-refractivity contribution in [2.24, 2.45) is 0 Å². The fourth-order valence-corrected chi connectivity index (χ4v) is 2.40. The normalized spacial score (nSPS) is 22.8. The lowest BCUT2D eigenvalue weighted by atomic mass is 10.0. The molecule has 1 heterocycles. The molecule has 1 aromatic carbocycles. The first kappa shape index (κ1) is 13.4. The topological polar surface area (TPSA) is 76.4 Å². The number of nitrogens with zero attached hydrogens (tertiary/aromatic N) is 2. The van der Waals surface area contributed by atoms with Crippen LogP contribution in [0.25, 0.3) is 0 Å². The maximum atomic E-state index is 12.0. The van der Waals surface area contributed by atoms with Crippen LogP contribution in [-0.2, 0) is 4.79 Å². The zero-order chi connectivity index (χ0) is 13.8. The van der Waals surface area contributed by atoms with Crippen molar-refractivity contribution in [3.63, 3.8) is 0 Å². The third-order valence-corrected chi connectivity index (χ3v) is 3.25. The molecule has 1 aliphatic rings. The van der Waals surface area contributed by atoms with Gasteiger partial charge >= 0.3 is 0 Å². The first-order valence-corrected chi connectivity index (χ1v) is 6.33. The second-order valence-electron chi connectivity index (χ2n) is 4.75. The van der Waals surface area contributed by atoms with Gasteiger partial charge in [-0.1, -0.05) is 6.07 Å². The average molecular weight is 259 g/mol. The standard InChI is InChI=1S/C14H17N3O2/c1-10-9-17(13(5-6-18)14(19)16-10)12-4-2-3-11(7-12)8-15/h2-4,7,10,13,18H,5-6,9H2,1H3,(H,16,19). The monoisotopic (exact) mass is 259 g/mol. The van der Waals surface area contributed by atoms with Gasteiger partial charge in [-0.25, -0.2) is 0 Å². The van der Waals surface area contributed by atoms with Gasteiger partial charge in [-0.05, 0) is 31.5 Å². The van der Waals surface area contributed by atoms with E-state index in [0.29, 0.717) is 18.5 Å². The first-order valence-electron chi connectivity index (χ1n) is 6.33. The third kappa shape index (κ3) is 2.85. The molecule has 2 N–H and O–H groups in total. The lowest BCUT2D eigenvalue weighted by molar-refractivity contribution is -0.124. The van der Waals surface area contributed by atoms with E-state index in [-0.39, 0.29) is 24.6 Å². The molecule has 1 saturated heterocycles. The number of amides is 1. The van der Waals surface area contributed by atoms with Crippen LogP contribution in [0, 0.1) is 11.3 Å². The summed E-state index contributed by atoms with van der Waals surface area (Å²) < 4.78 is 0. The molecule has 0 bridgehead atoms. The number of hydrogen-bond donors (Lipinski definition) is 2. The lowest BCUT2D eigenvalue weighted by Crippen LogP contribution is -2.59. The van der Waals surface area contributed by atoms with Crippen molar-refractivity contribution in [1.29, 1.82) is 5.26 Å². The highest BCUT2D eigenvalue weighted by Gasteiger charge is 2.32.